The summed E-state index contributed by atoms with van der Waals surface area (Å²) in [5.74, 6) is -0.754. The number of alkyl halides is 2. The summed E-state index contributed by atoms with van der Waals surface area (Å²) in [6, 6.07) is 10.7. The Kier molecular flexibility index (Phi) is 14.2. The number of carbonyl (C=O) groups excluding carboxylic acids is 4. The first kappa shape index (κ1) is 50.9. The van der Waals surface area contributed by atoms with E-state index in [9.17, 15) is 24.3 Å². The molecule has 2 aromatic carbocycles. The number of nitrogens with one attached hydrogen (secondary N) is 2. The lowest BCUT2D eigenvalue weighted by molar-refractivity contribution is -0.144. The van der Waals surface area contributed by atoms with E-state index in [-0.39, 0.29) is 37.0 Å². The fraction of sp³-hybridized carbons (Fsp3) is 0.473. The molecule has 0 bridgehead atoms. The van der Waals surface area contributed by atoms with Crippen LogP contribution in [0.5, 0.6) is 0 Å². The summed E-state index contributed by atoms with van der Waals surface area (Å²) in [5.41, 5.74) is 8.61. The average Bonchev–Trinajstić information content (AvgIpc) is 4.19. The molecular weight excluding hydrogens is 967 g/mol. The van der Waals surface area contributed by atoms with Gasteiger partial charge in [-0.2, -0.15) is 5.10 Å². The van der Waals surface area contributed by atoms with Crippen LogP contribution in [0.3, 0.4) is 0 Å². The zero-order valence-corrected chi connectivity index (χ0v) is 43.6. The molecule has 4 aliphatic heterocycles. The van der Waals surface area contributed by atoms with Gasteiger partial charge in [-0.1, -0.05) is 45.0 Å². The van der Waals surface area contributed by atoms with Crippen LogP contribution < -0.4 is 15.5 Å². The van der Waals surface area contributed by atoms with Gasteiger partial charge in [-0.3, -0.25) is 28.8 Å². The van der Waals surface area contributed by atoms with E-state index in [0.717, 1.165) is 57.8 Å². The number of halogens is 2. The number of hydrogen-bond acceptors (Lipinski definition) is 11. The first-order valence-corrected chi connectivity index (χ1v) is 26.5. The largest absolute Gasteiger partial charge is 0.391 e. The topological polar surface area (TPSA) is 180 Å². The van der Waals surface area contributed by atoms with E-state index in [1.807, 2.05) is 69.9 Å². The van der Waals surface area contributed by atoms with Crippen LogP contribution in [0.2, 0.25) is 0 Å². The highest BCUT2D eigenvalue weighted by Crippen LogP contribution is 2.45. The van der Waals surface area contributed by atoms with E-state index in [1.54, 1.807) is 59.1 Å². The molecule has 0 spiro atoms. The van der Waals surface area contributed by atoms with E-state index in [4.69, 9.17) is 9.84 Å². The molecule has 2 fully saturated rings. The molecule has 0 saturated carbocycles. The third-order valence-electron chi connectivity index (χ3n) is 15.3. The summed E-state index contributed by atoms with van der Waals surface area (Å²) in [7, 11) is 0. The summed E-state index contributed by atoms with van der Waals surface area (Å²) < 4.78 is 40.7. The molecule has 0 unspecified atom stereocenters. The summed E-state index contributed by atoms with van der Waals surface area (Å²) in [6.45, 7) is 13.3. The molecule has 4 amide bonds. The second kappa shape index (κ2) is 20.6. The molecule has 4 atom stereocenters. The maximum Gasteiger partial charge on any atom is 0.264 e. The molecule has 4 aromatic heterocycles. The van der Waals surface area contributed by atoms with Crippen molar-refractivity contribution in [1.29, 1.82) is 0 Å². The number of aliphatic hydroxyl groups is 1. The SMILES string of the molecule is CC(=O)N1CCc2c(c(N3CCCc4cc(-c5cn(CC(=O)N[C@H](C(=O)N6C[C@H](O)C[C@H]6C(=O)N[C@@H](C)c6ccc(-c7scnc7C)cc6)C(C)(C)C)c6ccncc56)c(C(F)F)cc43)nn2C2CCOCC2)C1. The number of amides is 4. The Morgan fingerprint density at radius 2 is 1.77 bits per heavy atom. The third-order valence-corrected chi connectivity index (χ3v) is 16.2. The summed E-state index contributed by atoms with van der Waals surface area (Å²) in [5, 5.41) is 22.7. The van der Waals surface area contributed by atoms with Crippen LogP contribution in [0, 0.1) is 12.3 Å². The highest BCUT2D eigenvalue weighted by molar-refractivity contribution is 7.13. The highest BCUT2D eigenvalue weighted by Gasteiger charge is 2.45. The predicted octanol–water partition coefficient (Wildman–Crippen LogP) is 7.98. The average molecular weight is 1030 g/mol. The van der Waals surface area contributed by atoms with Gasteiger partial charge in [-0.25, -0.2) is 13.8 Å². The van der Waals surface area contributed by atoms with E-state index < -0.39 is 53.8 Å². The first-order valence-electron chi connectivity index (χ1n) is 25.6. The van der Waals surface area contributed by atoms with Crippen molar-refractivity contribution in [3.63, 3.8) is 0 Å². The molecule has 74 heavy (non-hydrogen) atoms. The zero-order valence-electron chi connectivity index (χ0n) is 42.7. The number of pyridine rings is 1. The second-order valence-corrected chi connectivity index (χ2v) is 22.2. The molecular formula is C55H64F2N10O6S. The molecule has 390 valence electrons. The van der Waals surface area contributed by atoms with Crippen LogP contribution in [0.25, 0.3) is 32.5 Å². The van der Waals surface area contributed by atoms with Gasteiger partial charge < -0.3 is 39.7 Å². The number of carbonyl (C=O) groups is 4. The number of nitrogens with zero attached hydrogens (tertiary/aromatic N) is 8. The van der Waals surface area contributed by atoms with Crippen molar-refractivity contribution in [3.05, 3.63) is 100 Å². The van der Waals surface area contributed by atoms with Crippen molar-refractivity contribution >= 4 is 57.4 Å². The van der Waals surface area contributed by atoms with E-state index in [2.05, 4.69) is 30.2 Å². The Bertz CT molecular complexity index is 3100. The molecule has 2 saturated heterocycles. The van der Waals surface area contributed by atoms with Gasteiger partial charge in [0.1, 0.15) is 18.6 Å². The molecule has 4 aliphatic rings. The monoisotopic (exact) mass is 1030 g/mol. The van der Waals surface area contributed by atoms with Crippen molar-refractivity contribution in [2.75, 3.05) is 37.7 Å². The molecule has 0 aliphatic carbocycles. The molecule has 16 nitrogen and oxygen atoms in total. The normalized spacial score (nSPS) is 19.1. The quantitative estimate of drug-likeness (QED) is 0.109. The summed E-state index contributed by atoms with van der Waals surface area (Å²) >= 11 is 1.56. The summed E-state index contributed by atoms with van der Waals surface area (Å²) in [4.78, 5) is 70.5. The lowest BCUT2D eigenvalue weighted by Crippen LogP contribution is -2.58. The smallest absolute Gasteiger partial charge is 0.264 e. The lowest BCUT2D eigenvalue weighted by atomic mass is 9.85. The Morgan fingerprint density at radius 1 is 1.00 bits per heavy atom. The molecule has 10 rings (SSSR count). The molecule has 0 radical (unpaired) electrons. The minimum atomic E-state index is -2.86. The number of fused-ring (bicyclic) bond motifs is 3. The number of benzene rings is 2. The van der Waals surface area contributed by atoms with Gasteiger partial charge in [0.05, 0.1) is 46.3 Å². The number of aliphatic hydroxyl groups excluding tert-OH is 1. The van der Waals surface area contributed by atoms with Crippen LogP contribution in [0.15, 0.2) is 66.6 Å². The Balaban J connectivity index is 0.898. The Labute approximate surface area is 433 Å². The molecule has 19 heteroatoms. The minimum absolute atomic E-state index is 0.0255. The van der Waals surface area contributed by atoms with Crippen molar-refractivity contribution in [2.24, 2.45) is 5.41 Å². The number of likely N-dealkylation sites (tertiary alicyclic amines) is 1. The lowest BCUT2D eigenvalue weighted by Gasteiger charge is -2.35. The van der Waals surface area contributed by atoms with Gasteiger partial charge in [0.15, 0.2) is 5.82 Å². The van der Waals surface area contributed by atoms with Crippen LogP contribution in [0.4, 0.5) is 20.3 Å². The minimum Gasteiger partial charge on any atom is -0.391 e. The number of rotatable bonds is 12. The van der Waals surface area contributed by atoms with E-state index in [0.29, 0.717) is 79.2 Å². The number of aryl methyl sites for hydroxylation is 2. The van der Waals surface area contributed by atoms with Gasteiger partial charge in [0.2, 0.25) is 23.6 Å². The zero-order chi connectivity index (χ0) is 52.2. The van der Waals surface area contributed by atoms with Gasteiger partial charge >= 0.3 is 0 Å². The summed E-state index contributed by atoms with van der Waals surface area (Å²) in [6.07, 6.45) is 4.79. The highest BCUT2D eigenvalue weighted by atomic mass is 32.1. The predicted molar refractivity (Wildman–Crippen MR) is 278 cm³/mol. The van der Waals surface area contributed by atoms with Crippen molar-refractivity contribution in [2.45, 2.75) is 130 Å². The number of β-amino-alcohol motifs (C(OH)–C–C–N with tert-alkyl or cyclic N) is 1. The van der Waals surface area contributed by atoms with Crippen LogP contribution in [-0.2, 0) is 49.8 Å². The fourth-order valence-corrected chi connectivity index (χ4v) is 12.1. The number of aromatic nitrogens is 5. The van der Waals surface area contributed by atoms with Gasteiger partial charge in [-0.15, -0.1) is 11.3 Å². The number of anilines is 2. The maximum atomic E-state index is 15.6. The maximum absolute atomic E-state index is 15.6. The number of ether oxygens (including phenoxy) is 1. The second-order valence-electron chi connectivity index (χ2n) is 21.3. The van der Waals surface area contributed by atoms with Crippen molar-refractivity contribution in [3.8, 4) is 21.6 Å². The van der Waals surface area contributed by atoms with Crippen LogP contribution in [0.1, 0.15) is 112 Å². The number of thiazole rings is 1. The van der Waals surface area contributed by atoms with E-state index >= 15 is 8.78 Å². The standard InChI is InChI=1S/C55H64F2N10O6S/c1-31(34-9-11-35(12-10-34)49-32(2)59-30-74-49)60-53(71)47-23-38(69)26-66(47)54(72)50(55(4,5)6)61-48(70)29-64-27-42(41-25-58-17-13-44(41)64)39-22-36-8-7-18-65(46(36)24-40(39)51(56)57)52-43-28-63(33(3)68)19-14-45(43)67(62-52)37-15-20-73-21-16-37/h9-13,17,22,24-25,27,30-31,37-38,47,50-51,69H,7-8,14-16,18-21,23,26,28-29H2,1-6H3,(H,60,71)(H,61,70)/t31-,38+,47-,50+/m0/s1. The van der Waals surface area contributed by atoms with Crippen LogP contribution >= 0.6 is 11.3 Å². The van der Waals surface area contributed by atoms with E-state index in [1.165, 1.54) is 4.90 Å². The fourth-order valence-electron chi connectivity index (χ4n) is 11.3. The first-order chi connectivity index (χ1) is 35.4. The van der Waals surface area contributed by atoms with Gasteiger partial charge in [0, 0.05) is 105 Å². The Morgan fingerprint density at radius 3 is 2.47 bits per heavy atom. The molecule has 6 aromatic rings. The molecule has 8 heterocycles. The van der Waals surface area contributed by atoms with Crippen molar-refractivity contribution in [1.82, 2.24) is 44.7 Å². The third kappa shape index (κ3) is 9.92. The van der Waals surface area contributed by atoms with Crippen LogP contribution in [-0.4, -0.2) is 114 Å². The van der Waals surface area contributed by atoms with Gasteiger partial charge in [-0.05, 0) is 85.4 Å². The molecule has 3 N–H and O–H groups in total. The van der Waals surface area contributed by atoms with Crippen molar-refractivity contribution < 1.29 is 37.8 Å². The van der Waals surface area contributed by atoms with Gasteiger partial charge in [0.25, 0.3) is 6.43 Å². The number of hydrogen-bond donors (Lipinski definition) is 3. The Hall–Kier alpha value is -6.57.